The van der Waals surface area contributed by atoms with E-state index in [1.54, 1.807) is 30.6 Å². The molecule has 1 aromatic heterocycles. The molecule has 0 saturated heterocycles. The lowest BCUT2D eigenvalue weighted by molar-refractivity contribution is 0.0993. The fraction of sp³-hybridized carbons (Fsp3) is 0.143. The first-order valence-corrected chi connectivity index (χ1v) is 6.46. The zero-order chi connectivity index (χ0) is 13.8. The summed E-state index contributed by atoms with van der Waals surface area (Å²) >= 11 is 3.33. The van der Waals surface area contributed by atoms with Gasteiger partial charge in [0.2, 0.25) is 0 Å². The summed E-state index contributed by atoms with van der Waals surface area (Å²) in [5, 5.41) is 0. The monoisotopic (exact) mass is 320 g/mol. The lowest BCUT2D eigenvalue weighted by atomic mass is 10.0. The summed E-state index contributed by atoms with van der Waals surface area (Å²) in [5.74, 6) is 0.453. The minimum atomic E-state index is -0.0590. The third-order valence-electron chi connectivity index (χ3n) is 2.71. The molecule has 0 aliphatic rings. The first-order valence-electron chi connectivity index (χ1n) is 5.67. The molecular weight excluding hydrogens is 308 g/mol. The van der Waals surface area contributed by atoms with Crippen LogP contribution in [-0.2, 0) is 6.42 Å². The maximum absolute atomic E-state index is 12.2. The number of ketones is 1. The van der Waals surface area contributed by atoms with E-state index in [-0.39, 0.29) is 12.2 Å². The molecule has 5 heteroatoms. The van der Waals surface area contributed by atoms with Crippen molar-refractivity contribution < 1.29 is 9.53 Å². The smallest absolute Gasteiger partial charge is 0.169 e. The van der Waals surface area contributed by atoms with E-state index in [0.717, 1.165) is 10.0 Å². The molecule has 2 aromatic rings. The van der Waals surface area contributed by atoms with Gasteiger partial charge < -0.3 is 10.5 Å². The number of carbonyl (C=O) groups excluding carboxylic acids is 1. The molecule has 0 atom stereocenters. The highest BCUT2D eigenvalue weighted by Gasteiger charge is 2.13. The third-order valence-corrected chi connectivity index (χ3v) is 3.15. The fourth-order valence-corrected chi connectivity index (χ4v) is 2.21. The number of rotatable bonds is 4. The third kappa shape index (κ3) is 3.12. The zero-order valence-electron chi connectivity index (χ0n) is 10.4. The van der Waals surface area contributed by atoms with E-state index in [1.165, 1.54) is 7.11 Å². The van der Waals surface area contributed by atoms with Crippen molar-refractivity contribution >= 4 is 27.4 Å². The molecule has 0 amide bonds. The van der Waals surface area contributed by atoms with Gasteiger partial charge in [0.1, 0.15) is 5.75 Å². The normalized spacial score (nSPS) is 10.2. The summed E-state index contributed by atoms with van der Waals surface area (Å²) in [6.45, 7) is 0. The van der Waals surface area contributed by atoms with Crippen LogP contribution in [0.2, 0.25) is 0 Å². The number of nitrogens with zero attached hydrogens (tertiary/aromatic N) is 1. The predicted octanol–water partition coefficient (Wildman–Crippen LogP) is 2.86. The Bertz CT molecular complexity index is 614. The summed E-state index contributed by atoms with van der Waals surface area (Å²) in [4.78, 5) is 16.3. The van der Waals surface area contributed by atoms with Crippen LogP contribution in [0.5, 0.6) is 5.75 Å². The van der Waals surface area contributed by atoms with Crippen LogP contribution < -0.4 is 10.5 Å². The van der Waals surface area contributed by atoms with Crippen molar-refractivity contribution in [2.45, 2.75) is 6.42 Å². The topological polar surface area (TPSA) is 65.2 Å². The maximum atomic E-state index is 12.2. The Labute approximate surface area is 119 Å². The van der Waals surface area contributed by atoms with Crippen LogP contribution in [0.1, 0.15) is 15.9 Å². The molecule has 4 nitrogen and oxygen atoms in total. The fourth-order valence-electron chi connectivity index (χ4n) is 1.80. The lowest BCUT2D eigenvalue weighted by Crippen LogP contribution is -2.08. The van der Waals surface area contributed by atoms with Crippen LogP contribution in [0.3, 0.4) is 0 Å². The van der Waals surface area contributed by atoms with E-state index >= 15 is 0 Å². The molecule has 19 heavy (non-hydrogen) atoms. The first-order chi connectivity index (χ1) is 9.11. The number of hydrogen-bond donors (Lipinski definition) is 1. The molecular formula is C14H13BrN2O2. The number of halogens is 1. The molecule has 0 saturated carbocycles. The van der Waals surface area contributed by atoms with E-state index < -0.39 is 0 Å². The maximum Gasteiger partial charge on any atom is 0.169 e. The molecule has 0 spiro atoms. The van der Waals surface area contributed by atoms with Crippen LogP contribution >= 0.6 is 15.9 Å². The number of nitrogens with two attached hydrogens (primary N) is 1. The molecule has 2 rings (SSSR count). The van der Waals surface area contributed by atoms with Crippen molar-refractivity contribution in [2.24, 2.45) is 0 Å². The van der Waals surface area contributed by atoms with Crippen molar-refractivity contribution in [2.75, 3.05) is 12.8 Å². The van der Waals surface area contributed by atoms with Gasteiger partial charge in [0.05, 0.1) is 12.8 Å². The van der Waals surface area contributed by atoms with Gasteiger partial charge in [0.25, 0.3) is 0 Å². The van der Waals surface area contributed by atoms with Crippen molar-refractivity contribution in [3.05, 3.63) is 52.3 Å². The number of carbonyl (C=O) groups is 1. The number of ether oxygens (including phenoxy) is 1. The number of benzene rings is 1. The second-order valence-electron chi connectivity index (χ2n) is 4.03. The Morgan fingerprint density at radius 1 is 1.42 bits per heavy atom. The molecule has 98 valence electrons. The zero-order valence-corrected chi connectivity index (χ0v) is 12.0. The van der Waals surface area contributed by atoms with Crippen molar-refractivity contribution in [3.63, 3.8) is 0 Å². The van der Waals surface area contributed by atoms with E-state index in [2.05, 4.69) is 20.9 Å². The van der Waals surface area contributed by atoms with Gasteiger partial charge in [0.15, 0.2) is 5.78 Å². The van der Waals surface area contributed by atoms with Gasteiger partial charge in [-0.3, -0.25) is 9.78 Å². The van der Waals surface area contributed by atoms with Gasteiger partial charge in [-0.15, -0.1) is 0 Å². The molecule has 0 bridgehead atoms. The van der Waals surface area contributed by atoms with Gasteiger partial charge >= 0.3 is 0 Å². The van der Waals surface area contributed by atoms with E-state index in [1.807, 2.05) is 6.07 Å². The molecule has 0 unspecified atom stereocenters. The SMILES string of the molecule is COc1cccc(C(=O)Cc2cncc(Br)c2)c1N. The second kappa shape index (κ2) is 5.84. The number of Topliss-reactive ketones (excluding diaryl/α,β-unsaturated/α-hetero) is 1. The van der Waals surface area contributed by atoms with E-state index in [9.17, 15) is 4.79 Å². The number of anilines is 1. The quantitative estimate of drug-likeness (QED) is 0.695. The van der Waals surface area contributed by atoms with E-state index in [0.29, 0.717) is 17.0 Å². The average Bonchev–Trinajstić information content (AvgIpc) is 2.39. The number of aromatic nitrogens is 1. The number of methoxy groups -OCH3 is 1. The van der Waals surface area contributed by atoms with Gasteiger partial charge in [-0.25, -0.2) is 0 Å². The number of pyridine rings is 1. The van der Waals surface area contributed by atoms with Gasteiger partial charge in [0, 0.05) is 28.9 Å². The molecule has 1 aromatic carbocycles. The van der Waals surface area contributed by atoms with Gasteiger partial charge in [-0.05, 0) is 39.7 Å². The molecule has 0 aliphatic carbocycles. The van der Waals surface area contributed by atoms with Gasteiger partial charge in [-0.1, -0.05) is 6.07 Å². The van der Waals surface area contributed by atoms with Crippen molar-refractivity contribution in [3.8, 4) is 5.75 Å². The van der Waals surface area contributed by atoms with Crippen molar-refractivity contribution in [1.82, 2.24) is 4.98 Å². The van der Waals surface area contributed by atoms with Gasteiger partial charge in [-0.2, -0.15) is 0 Å². The van der Waals surface area contributed by atoms with Crippen LogP contribution in [0, 0.1) is 0 Å². The Balaban J connectivity index is 2.25. The summed E-state index contributed by atoms with van der Waals surface area (Å²) in [5.41, 5.74) is 7.59. The molecule has 1 heterocycles. The Morgan fingerprint density at radius 3 is 2.89 bits per heavy atom. The van der Waals surface area contributed by atoms with Crippen LogP contribution in [0.15, 0.2) is 41.1 Å². The lowest BCUT2D eigenvalue weighted by Gasteiger charge is -2.09. The number of hydrogen-bond acceptors (Lipinski definition) is 4. The highest BCUT2D eigenvalue weighted by molar-refractivity contribution is 9.10. The highest BCUT2D eigenvalue weighted by Crippen LogP contribution is 2.26. The largest absolute Gasteiger partial charge is 0.495 e. The first kappa shape index (κ1) is 13.5. The standard InChI is InChI=1S/C14H13BrN2O2/c1-19-13-4-2-3-11(14(13)16)12(18)6-9-5-10(15)8-17-7-9/h2-5,7-8H,6,16H2,1H3. The Morgan fingerprint density at radius 2 is 2.21 bits per heavy atom. The van der Waals surface area contributed by atoms with Crippen LogP contribution in [-0.4, -0.2) is 17.9 Å². The summed E-state index contributed by atoms with van der Waals surface area (Å²) in [6.07, 6.45) is 3.59. The summed E-state index contributed by atoms with van der Waals surface area (Å²) < 4.78 is 5.95. The number of nitrogen functional groups attached to an aromatic ring is 1. The van der Waals surface area contributed by atoms with Crippen LogP contribution in [0.25, 0.3) is 0 Å². The molecule has 2 N–H and O–H groups in total. The molecule has 0 aliphatic heterocycles. The average molecular weight is 321 g/mol. The molecule has 0 fully saturated rings. The van der Waals surface area contributed by atoms with E-state index in [4.69, 9.17) is 10.5 Å². The minimum absolute atomic E-state index is 0.0590. The van der Waals surface area contributed by atoms with Crippen LogP contribution in [0.4, 0.5) is 5.69 Å². The Hall–Kier alpha value is -1.88. The van der Waals surface area contributed by atoms with Crippen molar-refractivity contribution in [1.29, 1.82) is 0 Å². The predicted molar refractivity (Wildman–Crippen MR) is 77.4 cm³/mol. The summed E-state index contributed by atoms with van der Waals surface area (Å²) in [6, 6.07) is 7.04. The second-order valence-corrected chi connectivity index (χ2v) is 4.95. The minimum Gasteiger partial charge on any atom is -0.495 e. The molecule has 0 radical (unpaired) electrons. The number of para-hydroxylation sites is 1. The highest BCUT2D eigenvalue weighted by atomic mass is 79.9. The summed E-state index contributed by atoms with van der Waals surface area (Å²) in [7, 11) is 1.53. The Kier molecular flexibility index (Phi) is 4.16.